The second-order valence-electron chi connectivity index (χ2n) is 5.48. The highest BCUT2D eigenvalue weighted by Gasteiger charge is 2.11. The molecule has 0 saturated heterocycles. The van der Waals surface area contributed by atoms with Crippen LogP contribution in [0.25, 0.3) is 0 Å². The van der Waals surface area contributed by atoms with Crippen molar-refractivity contribution in [2.75, 3.05) is 20.6 Å². The lowest BCUT2D eigenvalue weighted by atomic mass is 10.0. The molecule has 0 aliphatic carbocycles. The normalized spacial score (nSPS) is 13.2. The summed E-state index contributed by atoms with van der Waals surface area (Å²) in [7, 11) is 4.18. The van der Waals surface area contributed by atoms with Gasteiger partial charge in [0.15, 0.2) is 0 Å². The Bertz CT molecular complexity index is 325. The van der Waals surface area contributed by atoms with Gasteiger partial charge < -0.3 is 15.3 Å². The van der Waals surface area contributed by atoms with Crippen LogP contribution in [-0.2, 0) is 6.54 Å². The molecule has 0 fully saturated rings. The van der Waals surface area contributed by atoms with Crippen molar-refractivity contribution in [3.8, 4) is 5.75 Å². The van der Waals surface area contributed by atoms with Crippen molar-refractivity contribution in [2.24, 2.45) is 5.92 Å². The SMILES string of the molecule is CC(C)CC(CN(C)C)NCc1ccc(O)cn1. The number of aromatic hydroxyl groups is 1. The topological polar surface area (TPSA) is 48.4 Å². The van der Waals surface area contributed by atoms with Gasteiger partial charge >= 0.3 is 0 Å². The summed E-state index contributed by atoms with van der Waals surface area (Å²) in [5.41, 5.74) is 0.959. The van der Waals surface area contributed by atoms with Crippen LogP contribution in [0.2, 0.25) is 0 Å². The molecule has 0 saturated carbocycles. The third-order valence-electron chi connectivity index (χ3n) is 2.72. The molecule has 1 unspecified atom stereocenters. The van der Waals surface area contributed by atoms with Gasteiger partial charge in [-0.2, -0.15) is 0 Å². The average Bonchev–Trinajstić information content (AvgIpc) is 2.26. The van der Waals surface area contributed by atoms with E-state index in [0.717, 1.165) is 25.2 Å². The standard InChI is InChI=1S/C14H25N3O/c1-11(2)7-13(10-17(3)4)15-8-12-5-6-14(18)9-16-12/h5-6,9,11,13,15,18H,7-8,10H2,1-4H3. The monoisotopic (exact) mass is 251 g/mol. The van der Waals surface area contributed by atoms with Crippen molar-refractivity contribution in [3.05, 3.63) is 24.0 Å². The van der Waals surface area contributed by atoms with Gasteiger partial charge in [-0.15, -0.1) is 0 Å². The van der Waals surface area contributed by atoms with E-state index in [1.165, 1.54) is 6.20 Å². The summed E-state index contributed by atoms with van der Waals surface area (Å²) in [6, 6.07) is 3.99. The fraction of sp³-hybridized carbons (Fsp3) is 0.643. The highest BCUT2D eigenvalue weighted by molar-refractivity contribution is 5.17. The first-order valence-electron chi connectivity index (χ1n) is 6.49. The molecule has 1 rings (SSSR count). The summed E-state index contributed by atoms with van der Waals surface area (Å²) in [5.74, 6) is 0.890. The fourth-order valence-electron chi connectivity index (χ4n) is 2.00. The smallest absolute Gasteiger partial charge is 0.133 e. The maximum absolute atomic E-state index is 9.18. The number of nitrogens with zero attached hydrogens (tertiary/aromatic N) is 2. The van der Waals surface area contributed by atoms with Crippen LogP contribution in [0, 0.1) is 5.92 Å². The molecule has 4 nitrogen and oxygen atoms in total. The predicted molar refractivity (Wildman–Crippen MR) is 74.5 cm³/mol. The lowest BCUT2D eigenvalue weighted by Crippen LogP contribution is -2.38. The predicted octanol–water partition coefficient (Wildman–Crippen LogP) is 1.85. The third kappa shape index (κ3) is 5.98. The average molecular weight is 251 g/mol. The number of rotatable bonds is 7. The van der Waals surface area contributed by atoms with Crippen molar-refractivity contribution in [3.63, 3.8) is 0 Å². The largest absolute Gasteiger partial charge is 0.506 e. The Morgan fingerprint density at radius 3 is 2.56 bits per heavy atom. The molecular formula is C14H25N3O. The Labute approximate surface area is 110 Å². The van der Waals surface area contributed by atoms with Crippen molar-refractivity contribution >= 4 is 0 Å². The molecule has 1 aromatic heterocycles. The third-order valence-corrected chi connectivity index (χ3v) is 2.72. The van der Waals surface area contributed by atoms with Gasteiger partial charge in [0.25, 0.3) is 0 Å². The second kappa shape index (κ2) is 7.34. The van der Waals surface area contributed by atoms with Crippen LogP contribution in [0.1, 0.15) is 26.0 Å². The minimum atomic E-state index is 0.214. The molecule has 1 atom stereocenters. The Balaban J connectivity index is 2.47. The Hall–Kier alpha value is -1.13. The first-order chi connectivity index (χ1) is 8.47. The summed E-state index contributed by atoms with van der Waals surface area (Å²) < 4.78 is 0. The minimum absolute atomic E-state index is 0.214. The summed E-state index contributed by atoms with van der Waals surface area (Å²) >= 11 is 0. The molecule has 0 bridgehead atoms. The van der Waals surface area contributed by atoms with Crippen molar-refractivity contribution in [1.29, 1.82) is 0 Å². The summed E-state index contributed by atoms with van der Waals surface area (Å²) in [6.07, 6.45) is 2.64. The number of aromatic nitrogens is 1. The van der Waals surface area contributed by atoms with Gasteiger partial charge in [-0.3, -0.25) is 4.98 Å². The van der Waals surface area contributed by atoms with Crippen molar-refractivity contribution < 1.29 is 5.11 Å². The molecule has 18 heavy (non-hydrogen) atoms. The molecule has 102 valence electrons. The molecule has 1 aromatic rings. The fourth-order valence-corrected chi connectivity index (χ4v) is 2.00. The van der Waals surface area contributed by atoms with E-state index in [9.17, 15) is 5.11 Å². The number of hydrogen-bond acceptors (Lipinski definition) is 4. The van der Waals surface area contributed by atoms with E-state index in [-0.39, 0.29) is 5.75 Å². The van der Waals surface area contributed by atoms with Crippen LogP contribution in [0.4, 0.5) is 0 Å². The number of pyridine rings is 1. The lowest BCUT2D eigenvalue weighted by molar-refractivity contribution is 0.304. The quantitative estimate of drug-likeness (QED) is 0.776. The van der Waals surface area contributed by atoms with Crippen LogP contribution < -0.4 is 5.32 Å². The van der Waals surface area contributed by atoms with Crippen LogP contribution in [-0.4, -0.2) is 41.7 Å². The van der Waals surface area contributed by atoms with E-state index in [0.29, 0.717) is 12.0 Å². The zero-order valence-corrected chi connectivity index (χ0v) is 11.8. The van der Waals surface area contributed by atoms with Crippen LogP contribution in [0.3, 0.4) is 0 Å². The molecule has 0 aliphatic rings. The Kier molecular flexibility index (Phi) is 6.09. The highest BCUT2D eigenvalue weighted by atomic mass is 16.3. The number of nitrogens with one attached hydrogen (secondary N) is 1. The summed E-state index contributed by atoms with van der Waals surface area (Å²) in [4.78, 5) is 6.38. The van der Waals surface area contributed by atoms with E-state index >= 15 is 0 Å². The zero-order valence-electron chi connectivity index (χ0n) is 11.8. The molecule has 0 spiro atoms. The van der Waals surface area contributed by atoms with Gasteiger partial charge in [0.05, 0.1) is 11.9 Å². The highest BCUT2D eigenvalue weighted by Crippen LogP contribution is 2.08. The minimum Gasteiger partial charge on any atom is -0.506 e. The molecule has 0 amide bonds. The van der Waals surface area contributed by atoms with E-state index < -0.39 is 0 Å². The van der Waals surface area contributed by atoms with E-state index in [4.69, 9.17) is 0 Å². The maximum Gasteiger partial charge on any atom is 0.133 e. The van der Waals surface area contributed by atoms with Gasteiger partial charge in [-0.05, 0) is 38.6 Å². The number of hydrogen-bond donors (Lipinski definition) is 2. The van der Waals surface area contributed by atoms with Crippen molar-refractivity contribution in [1.82, 2.24) is 15.2 Å². The van der Waals surface area contributed by atoms with E-state index in [1.807, 2.05) is 6.07 Å². The van der Waals surface area contributed by atoms with E-state index in [1.54, 1.807) is 6.07 Å². The maximum atomic E-state index is 9.18. The summed E-state index contributed by atoms with van der Waals surface area (Å²) in [6.45, 7) is 6.24. The van der Waals surface area contributed by atoms with Crippen LogP contribution in [0.5, 0.6) is 5.75 Å². The molecule has 0 radical (unpaired) electrons. The molecule has 0 aromatic carbocycles. The number of likely N-dealkylation sites (N-methyl/N-ethyl adjacent to an activating group) is 1. The molecular weight excluding hydrogens is 226 g/mol. The lowest BCUT2D eigenvalue weighted by Gasteiger charge is -2.24. The summed E-state index contributed by atoms with van der Waals surface area (Å²) in [5, 5.41) is 12.7. The first-order valence-corrected chi connectivity index (χ1v) is 6.49. The van der Waals surface area contributed by atoms with Crippen LogP contribution in [0.15, 0.2) is 18.3 Å². The molecule has 0 aliphatic heterocycles. The Morgan fingerprint density at radius 2 is 2.06 bits per heavy atom. The zero-order chi connectivity index (χ0) is 13.5. The van der Waals surface area contributed by atoms with Crippen LogP contribution >= 0.6 is 0 Å². The first kappa shape index (κ1) is 14.9. The van der Waals surface area contributed by atoms with Gasteiger partial charge in [-0.25, -0.2) is 0 Å². The van der Waals surface area contributed by atoms with E-state index in [2.05, 4.69) is 43.1 Å². The van der Waals surface area contributed by atoms with Gasteiger partial charge in [0.1, 0.15) is 5.75 Å². The Morgan fingerprint density at radius 1 is 1.33 bits per heavy atom. The second-order valence-corrected chi connectivity index (χ2v) is 5.48. The van der Waals surface area contributed by atoms with Gasteiger partial charge in [-0.1, -0.05) is 13.8 Å². The van der Waals surface area contributed by atoms with Crippen molar-refractivity contribution in [2.45, 2.75) is 32.9 Å². The van der Waals surface area contributed by atoms with Gasteiger partial charge in [0.2, 0.25) is 0 Å². The van der Waals surface area contributed by atoms with Gasteiger partial charge in [0, 0.05) is 19.1 Å². The molecule has 2 N–H and O–H groups in total. The molecule has 1 heterocycles. The molecule has 4 heteroatoms.